The van der Waals surface area contributed by atoms with Gasteiger partial charge in [0.05, 0.1) is 0 Å². The first-order valence-corrected chi connectivity index (χ1v) is 6.65. The molecule has 0 bridgehead atoms. The highest BCUT2D eigenvalue weighted by atomic mass is 16.1. The Hall–Kier alpha value is -1.31. The van der Waals surface area contributed by atoms with Gasteiger partial charge in [0.2, 0.25) is 0 Å². The molecule has 1 fully saturated rings. The molecule has 1 aliphatic rings. The van der Waals surface area contributed by atoms with Crippen molar-refractivity contribution in [2.75, 3.05) is 0 Å². The standard InChI is InChI=1S/C15H21NO/c1-2-12-7-6-10-14(11-12)16-15(17)13-8-4-3-5-9-13/h3-5,8-9,12,14H,2,6-7,10-11H2,1H3,(H,16,17). The number of amides is 1. The van der Waals surface area contributed by atoms with Crippen LogP contribution < -0.4 is 5.32 Å². The first kappa shape index (κ1) is 12.2. The smallest absolute Gasteiger partial charge is 0.251 e. The number of hydrogen-bond donors (Lipinski definition) is 1. The Bertz CT molecular complexity index is 360. The molecular weight excluding hydrogens is 210 g/mol. The van der Waals surface area contributed by atoms with E-state index in [4.69, 9.17) is 0 Å². The Morgan fingerprint density at radius 3 is 2.76 bits per heavy atom. The molecule has 1 aromatic rings. The second-order valence-corrected chi connectivity index (χ2v) is 4.98. The van der Waals surface area contributed by atoms with E-state index in [1.807, 2.05) is 30.3 Å². The number of nitrogens with one attached hydrogen (secondary N) is 1. The fraction of sp³-hybridized carbons (Fsp3) is 0.533. The highest BCUT2D eigenvalue weighted by molar-refractivity contribution is 5.94. The van der Waals surface area contributed by atoms with Crippen LogP contribution in [0.3, 0.4) is 0 Å². The Labute approximate surface area is 103 Å². The minimum atomic E-state index is 0.0763. The largest absolute Gasteiger partial charge is 0.349 e. The van der Waals surface area contributed by atoms with Gasteiger partial charge in [-0.2, -0.15) is 0 Å². The molecule has 1 amide bonds. The van der Waals surface area contributed by atoms with Crippen LogP contribution in [0.4, 0.5) is 0 Å². The molecule has 2 atom stereocenters. The van der Waals surface area contributed by atoms with E-state index in [0.29, 0.717) is 6.04 Å². The summed E-state index contributed by atoms with van der Waals surface area (Å²) in [7, 11) is 0. The summed E-state index contributed by atoms with van der Waals surface area (Å²) in [4.78, 5) is 12.0. The number of carbonyl (C=O) groups excluding carboxylic acids is 1. The third-order valence-electron chi connectivity index (χ3n) is 3.73. The van der Waals surface area contributed by atoms with Gasteiger partial charge >= 0.3 is 0 Å². The summed E-state index contributed by atoms with van der Waals surface area (Å²) >= 11 is 0. The van der Waals surface area contributed by atoms with Crippen molar-refractivity contribution >= 4 is 5.91 Å². The second kappa shape index (κ2) is 5.85. The maximum Gasteiger partial charge on any atom is 0.251 e. The lowest BCUT2D eigenvalue weighted by molar-refractivity contribution is 0.0919. The second-order valence-electron chi connectivity index (χ2n) is 4.98. The molecule has 0 spiro atoms. The van der Waals surface area contributed by atoms with Gasteiger partial charge in [-0.05, 0) is 30.9 Å². The highest BCUT2D eigenvalue weighted by Gasteiger charge is 2.22. The van der Waals surface area contributed by atoms with Crippen molar-refractivity contribution in [2.45, 2.75) is 45.1 Å². The first-order valence-electron chi connectivity index (χ1n) is 6.65. The van der Waals surface area contributed by atoms with Crippen LogP contribution in [0, 0.1) is 5.92 Å². The van der Waals surface area contributed by atoms with E-state index in [1.165, 1.54) is 19.3 Å². The summed E-state index contributed by atoms with van der Waals surface area (Å²) in [5.41, 5.74) is 0.770. The number of rotatable bonds is 3. The zero-order valence-corrected chi connectivity index (χ0v) is 10.5. The van der Waals surface area contributed by atoms with Crippen LogP contribution in [0.5, 0.6) is 0 Å². The van der Waals surface area contributed by atoms with Crippen molar-refractivity contribution < 1.29 is 4.79 Å². The minimum Gasteiger partial charge on any atom is -0.349 e. The van der Waals surface area contributed by atoms with E-state index in [1.54, 1.807) is 0 Å². The first-order chi connectivity index (χ1) is 8.29. The van der Waals surface area contributed by atoms with Gasteiger partial charge in [0.15, 0.2) is 0 Å². The molecule has 0 aliphatic heterocycles. The Kier molecular flexibility index (Phi) is 4.18. The molecule has 1 aliphatic carbocycles. The third-order valence-corrected chi connectivity index (χ3v) is 3.73. The average Bonchev–Trinajstić information content (AvgIpc) is 2.40. The van der Waals surface area contributed by atoms with Gasteiger partial charge in [0.25, 0.3) is 5.91 Å². The van der Waals surface area contributed by atoms with E-state index in [-0.39, 0.29) is 5.91 Å². The van der Waals surface area contributed by atoms with Crippen molar-refractivity contribution in [3.63, 3.8) is 0 Å². The quantitative estimate of drug-likeness (QED) is 0.849. The number of hydrogen-bond acceptors (Lipinski definition) is 1. The van der Waals surface area contributed by atoms with Crippen molar-refractivity contribution in [3.8, 4) is 0 Å². The molecule has 0 radical (unpaired) electrons. The monoisotopic (exact) mass is 231 g/mol. The molecule has 1 N–H and O–H groups in total. The van der Waals surface area contributed by atoms with Gasteiger partial charge in [-0.15, -0.1) is 0 Å². The zero-order valence-electron chi connectivity index (χ0n) is 10.5. The normalized spacial score (nSPS) is 24.3. The van der Waals surface area contributed by atoms with Crippen LogP contribution in [0.15, 0.2) is 30.3 Å². The molecule has 0 aromatic heterocycles. The van der Waals surface area contributed by atoms with Gasteiger partial charge in [0, 0.05) is 11.6 Å². The van der Waals surface area contributed by atoms with E-state index >= 15 is 0 Å². The van der Waals surface area contributed by atoms with Crippen molar-refractivity contribution in [1.82, 2.24) is 5.32 Å². The average molecular weight is 231 g/mol. The zero-order chi connectivity index (χ0) is 12.1. The molecule has 92 valence electrons. The molecule has 0 saturated heterocycles. The summed E-state index contributed by atoms with van der Waals surface area (Å²) < 4.78 is 0. The predicted molar refractivity (Wildman–Crippen MR) is 69.9 cm³/mol. The summed E-state index contributed by atoms with van der Waals surface area (Å²) in [6.07, 6.45) is 6.09. The van der Waals surface area contributed by atoms with Gasteiger partial charge in [-0.1, -0.05) is 44.4 Å². The number of carbonyl (C=O) groups is 1. The van der Waals surface area contributed by atoms with Crippen molar-refractivity contribution in [1.29, 1.82) is 0 Å². The highest BCUT2D eigenvalue weighted by Crippen LogP contribution is 2.26. The summed E-state index contributed by atoms with van der Waals surface area (Å²) in [5.74, 6) is 0.872. The summed E-state index contributed by atoms with van der Waals surface area (Å²) in [5, 5.41) is 3.16. The Balaban J connectivity index is 1.90. The predicted octanol–water partition coefficient (Wildman–Crippen LogP) is 3.39. The van der Waals surface area contributed by atoms with Crippen LogP contribution in [0.1, 0.15) is 49.4 Å². The molecule has 1 aromatic carbocycles. The van der Waals surface area contributed by atoms with Crippen LogP contribution in [0.25, 0.3) is 0 Å². The lowest BCUT2D eigenvalue weighted by atomic mass is 9.84. The molecule has 17 heavy (non-hydrogen) atoms. The van der Waals surface area contributed by atoms with E-state index in [0.717, 1.165) is 24.3 Å². The van der Waals surface area contributed by atoms with Crippen LogP contribution in [0.2, 0.25) is 0 Å². The SMILES string of the molecule is CCC1CCCC(NC(=O)c2ccccc2)C1. The lowest BCUT2D eigenvalue weighted by Gasteiger charge is -2.29. The molecule has 1 saturated carbocycles. The third kappa shape index (κ3) is 3.32. The summed E-state index contributed by atoms with van der Waals surface area (Å²) in [6, 6.07) is 9.87. The van der Waals surface area contributed by atoms with Crippen molar-refractivity contribution in [3.05, 3.63) is 35.9 Å². The molecule has 2 rings (SSSR count). The fourth-order valence-corrected chi connectivity index (χ4v) is 2.65. The molecular formula is C15H21NO. The maximum atomic E-state index is 12.0. The van der Waals surface area contributed by atoms with Crippen LogP contribution >= 0.6 is 0 Å². The van der Waals surface area contributed by atoms with Crippen LogP contribution in [-0.4, -0.2) is 11.9 Å². The van der Waals surface area contributed by atoms with Crippen molar-refractivity contribution in [2.24, 2.45) is 5.92 Å². The van der Waals surface area contributed by atoms with E-state index in [2.05, 4.69) is 12.2 Å². The van der Waals surface area contributed by atoms with Gasteiger partial charge in [0.1, 0.15) is 0 Å². The van der Waals surface area contributed by atoms with Crippen LogP contribution in [-0.2, 0) is 0 Å². The minimum absolute atomic E-state index is 0.0763. The topological polar surface area (TPSA) is 29.1 Å². The number of benzene rings is 1. The molecule has 2 heteroatoms. The fourth-order valence-electron chi connectivity index (χ4n) is 2.65. The van der Waals surface area contributed by atoms with Gasteiger partial charge < -0.3 is 5.32 Å². The molecule has 2 unspecified atom stereocenters. The maximum absolute atomic E-state index is 12.0. The Morgan fingerprint density at radius 1 is 1.29 bits per heavy atom. The Morgan fingerprint density at radius 2 is 2.06 bits per heavy atom. The van der Waals surface area contributed by atoms with E-state index < -0.39 is 0 Å². The van der Waals surface area contributed by atoms with Gasteiger partial charge in [-0.3, -0.25) is 4.79 Å². The molecule has 2 nitrogen and oxygen atoms in total. The summed E-state index contributed by atoms with van der Waals surface area (Å²) in [6.45, 7) is 2.24. The van der Waals surface area contributed by atoms with E-state index in [9.17, 15) is 4.79 Å². The molecule has 0 heterocycles. The lowest BCUT2D eigenvalue weighted by Crippen LogP contribution is -2.38. The van der Waals surface area contributed by atoms with Gasteiger partial charge in [-0.25, -0.2) is 0 Å².